The predicted octanol–water partition coefficient (Wildman–Crippen LogP) is 3.99. The second kappa shape index (κ2) is 9.36. The lowest BCUT2D eigenvalue weighted by molar-refractivity contribution is -0.119. The number of anilines is 2. The number of nitrogens with one attached hydrogen (secondary N) is 1. The first-order valence-corrected chi connectivity index (χ1v) is 9.30. The molecular weight excluding hydrogens is 382 g/mol. The van der Waals surface area contributed by atoms with Crippen molar-refractivity contribution in [1.29, 1.82) is 0 Å². The number of aryl methyl sites for hydroxylation is 1. The van der Waals surface area contributed by atoms with Gasteiger partial charge in [0.25, 0.3) is 5.91 Å². The van der Waals surface area contributed by atoms with Crippen molar-refractivity contribution in [3.05, 3.63) is 53.6 Å². The summed E-state index contributed by atoms with van der Waals surface area (Å²) < 4.78 is 33.7. The summed E-state index contributed by atoms with van der Waals surface area (Å²) in [5.41, 5.74) is 2.68. The van der Waals surface area contributed by atoms with Crippen LogP contribution in [-0.2, 0) is 9.53 Å². The molecule has 0 unspecified atom stereocenters. The molecule has 1 amide bonds. The Morgan fingerprint density at radius 2 is 1.90 bits per heavy atom. The smallest absolute Gasteiger partial charge is 0.387 e. The van der Waals surface area contributed by atoms with Crippen LogP contribution in [0.3, 0.4) is 0 Å². The average molecular weight is 404 g/mol. The number of esters is 1. The number of hydrogen-bond donors (Lipinski definition) is 1. The second-order valence-electron chi connectivity index (χ2n) is 6.72. The summed E-state index contributed by atoms with van der Waals surface area (Å²) in [7, 11) is 0. The molecule has 1 aliphatic rings. The van der Waals surface area contributed by atoms with Crippen LogP contribution in [-0.4, -0.2) is 38.2 Å². The highest BCUT2D eigenvalue weighted by molar-refractivity contribution is 5.96. The van der Waals surface area contributed by atoms with Gasteiger partial charge in [-0.3, -0.25) is 4.79 Å². The van der Waals surface area contributed by atoms with E-state index in [-0.39, 0.29) is 11.3 Å². The molecule has 0 aliphatic carbocycles. The van der Waals surface area contributed by atoms with Gasteiger partial charge in [0, 0.05) is 24.5 Å². The van der Waals surface area contributed by atoms with Gasteiger partial charge >= 0.3 is 12.6 Å². The fourth-order valence-electron chi connectivity index (χ4n) is 3.16. The van der Waals surface area contributed by atoms with E-state index in [4.69, 9.17) is 4.74 Å². The fraction of sp³-hybridized carbons (Fsp3) is 0.333. The standard InChI is InChI=1S/C21H22F2N2O4/c1-14-11-16(25-9-2-3-10-25)7-8-18(14)24-19(26)13-28-20(27)15-5-4-6-17(12-15)29-21(22)23/h4-8,11-12,21H,2-3,9-10,13H2,1H3,(H,24,26). The van der Waals surface area contributed by atoms with Crippen molar-refractivity contribution in [2.24, 2.45) is 0 Å². The number of amides is 1. The van der Waals surface area contributed by atoms with Crippen LogP contribution in [0.1, 0.15) is 28.8 Å². The first-order chi connectivity index (χ1) is 13.9. The van der Waals surface area contributed by atoms with E-state index < -0.39 is 25.1 Å². The van der Waals surface area contributed by atoms with Crippen molar-refractivity contribution in [3.63, 3.8) is 0 Å². The Balaban J connectivity index is 1.54. The van der Waals surface area contributed by atoms with Gasteiger partial charge in [0.05, 0.1) is 5.56 Å². The fourth-order valence-corrected chi connectivity index (χ4v) is 3.16. The lowest BCUT2D eigenvalue weighted by Gasteiger charge is -2.19. The molecule has 2 aromatic rings. The molecule has 1 heterocycles. The molecule has 1 aliphatic heterocycles. The SMILES string of the molecule is Cc1cc(N2CCCC2)ccc1NC(=O)COC(=O)c1cccc(OC(F)F)c1. The van der Waals surface area contributed by atoms with Gasteiger partial charge in [-0.15, -0.1) is 0 Å². The topological polar surface area (TPSA) is 67.9 Å². The van der Waals surface area contributed by atoms with E-state index in [2.05, 4.69) is 15.0 Å². The Labute approximate surface area is 167 Å². The summed E-state index contributed by atoms with van der Waals surface area (Å²) in [6.07, 6.45) is 2.36. The normalized spacial score (nSPS) is 13.4. The van der Waals surface area contributed by atoms with E-state index in [0.717, 1.165) is 30.4 Å². The first kappa shape index (κ1) is 20.6. The summed E-state index contributed by atoms with van der Waals surface area (Å²) in [6, 6.07) is 11.0. The van der Waals surface area contributed by atoms with Crippen molar-refractivity contribution >= 4 is 23.3 Å². The van der Waals surface area contributed by atoms with Crippen LogP contribution in [0.5, 0.6) is 5.75 Å². The van der Waals surface area contributed by atoms with Crippen molar-refractivity contribution in [1.82, 2.24) is 0 Å². The van der Waals surface area contributed by atoms with E-state index in [1.165, 1.54) is 31.0 Å². The number of benzene rings is 2. The summed E-state index contributed by atoms with van der Waals surface area (Å²) in [4.78, 5) is 26.5. The van der Waals surface area contributed by atoms with E-state index in [1.807, 2.05) is 25.1 Å². The first-order valence-electron chi connectivity index (χ1n) is 9.30. The Morgan fingerprint density at radius 3 is 2.59 bits per heavy atom. The van der Waals surface area contributed by atoms with Crippen molar-refractivity contribution in [3.8, 4) is 5.75 Å². The molecule has 0 bridgehead atoms. The third kappa shape index (κ3) is 5.66. The zero-order chi connectivity index (χ0) is 20.8. The summed E-state index contributed by atoms with van der Waals surface area (Å²) >= 11 is 0. The zero-order valence-electron chi connectivity index (χ0n) is 16.0. The number of carbonyl (C=O) groups is 2. The van der Waals surface area contributed by atoms with Crippen LogP contribution in [0, 0.1) is 6.92 Å². The molecule has 1 saturated heterocycles. The number of ether oxygens (including phenoxy) is 2. The van der Waals surface area contributed by atoms with Crippen molar-refractivity contribution in [2.75, 3.05) is 29.9 Å². The maximum Gasteiger partial charge on any atom is 0.387 e. The lowest BCUT2D eigenvalue weighted by Crippen LogP contribution is -2.22. The third-order valence-electron chi connectivity index (χ3n) is 4.58. The molecule has 0 atom stereocenters. The van der Waals surface area contributed by atoms with Gasteiger partial charge in [-0.1, -0.05) is 6.07 Å². The maximum absolute atomic E-state index is 12.3. The molecule has 8 heteroatoms. The molecule has 29 heavy (non-hydrogen) atoms. The number of rotatable bonds is 7. The van der Waals surface area contributed by atoms with Gasteiger partial charge in [-0.25, -0.2) is 4.79 Å². The number of alkyl halides is 2. The minimum Gasteiger partial charge on any atom is -0.452 e. The maximum atomic E-state index is 12.3. The van der Waals surface area contributed by atoms with Crippen LogP contribution < -0.4 is 15.0 Å². The molecule has 0 spiro atoms. The number of carbonyl (C=O) groups excluding carboxylic acids is 2. The van der Waals surface area contributed by atoms with Gasteiger partial charge < -0.3 is 19.7 Å². The van der Waals surface area contributed by atoms with Crippen LogP contribution >= 0.6 is 0 Å². The van der Waals surface area contributed by atoms with E-state index >= 15 is 0 Å². The average Bonchev–Trinajstić information content (AvgIpc) is 3.22. The van der Waals surface area contributed by atoms with E-state index in [0.29, 0.717) is 5.69 Å². The zero-order valence-corrected chi connectivity index (χ0v) is 16.0. The van der Waals surface area contributed by atoms with Crippen molar-refractivity contribution < 1.29 is 27.8 Å². The Bertz CT molecular complexity index is 883. The summed E-state index contributed by atoms with van der Waals surface area (Å²) in [6.45, 7) is 0.476. The lowest BCUT2D eigenvalue weighted by atomic mass is 10.1. The van der Waals surface area contributed by atoms with Crippen LogP contribution in [0.4, 0.5) is 20.2 Å². The highest BCUT2D eigenvalue weighted by Crippen LogP contribution is 2.25. The third-order valence-corrected chi connectivity index (χ3v) is 4.58. The molecule has 1 fully saturated rings. The molecule has 0 radical (unpaired) electrons. The van der Waals surface area contributed by atoms with Crippen LogP contribution in [0.2, 0.25) is 0 Å². The Kier molecular flexibility index (Phi) is 6.64. The molecule has 3 rings (SSSR count). The second-order valence-corrected chi connectivity index (χ2v) is 6.72. The quantitative estimate of drug-likeness (QED) is 0.707. The van der Waals surface area contributed by atoms with Gasteiger partial charge in [-0.2, -0.15) is 8.78 Å². The highest BCUT2D eigenvalue weighted by atomic mass is 19.3. The van der Waals surface area contributed by atoms with Gasteiger partial charge in [-0.05, 0) is 61.7 Å². The van der Waals surface area contributed by atoms with Gasteiger partial charge in [0.2, 0.25) is 0 Å². The Hall–Kier alpha value is -3.16. The Morgan fingerprint density at radius 1 is 1.14 bits per heavy atom. The number of halogens is 2. The monoisotopic (exact) mass is 404 g/mol. The largest absolute Gasteiger partial charge is 0.452 e. The minimum absolute atomic E-state index is 0.0158. The van der Waals surface area contributed by atoms with Crippen molar-refractivity contribution in [2.45, 2.75) is 26.4 Å². The molecule has 0 aromatic heterocycles. The molecule has 2 aromatic carbocycles. The minimum atomic E-state index is -2.99. The number of nitrogens with zero attached hydrogens (tertiary/aromatic N) is 1. The van der Waals surface area contributed by atoms with Crippen LogP contribution in [0.15, 0.2) is 42.5 Å². The molecule has 6 nitrogen and oxygen atoms in total. The number of hydrogen-bond acceptors (Lipinski definition) is 5. The highest BCUT2D eigenvalue weighted by Gasteiger charge is 2.15. The molecule has 154 valence electrons. The molecule has 0 saturated carbocycles. The summed E-state index contributed by atoms with van der Waals surface area (Å²) in [5.74, 6) is -1.45. The molecular formula is C21H22F2N2O4. The van der Waals surface area contributed by atoms with Gasteiger partial charge in [0.1, 0.15) is 5.75 Å². The van der Waals surface area contributed by atoms with Crippen LogP contribution in [0.25, 0.3) is 0 Å². The molecule has 1 N–H and O–H groups in total. The van der Waals surface area contributed by atoms with E-state index in [1.54, 1.807) is 0 Å². The predicted molar refractivity (Wildman–Crippen MR) is 105 cm³/mol. The van der Waals surface area contributed by atoms with Gasteiger partial charge in [0.15, 0.2) is 6.61 Å². The van der Waals surface area contributed by atoms with E-state index in [9.17, 15) is 18.4 Å². The summed E-state index contributed by atoms with van der Waals surface area (Å²) in [5, 5.41) is 2.71.